The number of nitrogens with one attached hydrogen (secondary N) is 1. The van der Waals surface area contributed by atoms with Crippen LogP contribution in [-0.2, 0) is 0 Å². The summed E-state index contributed by atoms with van der Waals surface area (Å²) in [6.45, 7) is 3.18. The largest absolute Gasteiger partial charge is 0.378 e. The van der Waals surface area contributed by atoms with Gasteiger partial charge in [-0.15, -0.1) is 0 Å². The lowest BCUT2D eigenvalue weighted by molar-refractivity contribution is -0.556. The first-order valence-corrected chi connectivity index (χ1v) is 4.56. The lowest BCUT2D eigenvalue weighted by atomic mass is 10.1. The molecule has 0 aromatic heterocycles. The first-order valence-electron chi connectivity index (χ1n) is 4.56. The van der Waals surface area contributed by atoms with Gasteiger partial charge in [-0.1, -0.05) is 6.07 Å². The van der Waals surface area contributed by atoms with Gasteiger partial charge in [0.15, 0.2) is 0 Å². The van der Waals surface area contributed by atoms with Gasteiger partial charge in [0.1, 0.15) is 5.82 Å². The highest BCUT2D eigenvalue weighted by Crippen LogP contribution is 2.12. The second-order valence-electron chi connectivity index (χ2n) is 3.93. The molecular formula is C10H13FN2O2. The van der Waals surface area contributed by atoms with Gasteiger partial charge >= 0.3 is 0 Å². The molecule has 0 saturated heterocycles. The van der Waals surface area contributed by atoms with Crippen LogP contribution in [0.2, 0.25) is 0 Å². The number of halogens is 1. The zero-order valence-electron chi connectivity index (χ0n) is 8.66. The highest BCUT2D eigenvalue weighted by Gasteiger charge is 2.30. The molecule has 0 amide bonds. The van der Waals surface area contributed by atoms with E-state index in [1.807, 2.05) is 0 Å². The monoisotopic (exact) mass is 212 g/mol. The molecule has 0 atom stereocenters. The number of nitro groups is 1. The van der Waals surface area contributed by atoms with Crippen LogP contribution >= 0.6 is 0 Å². The van der Waals surface area contributed by atoms with Crippen molar-refractivity contribution in [2.45, 2.75) is 19.4 Å². The minimum atomic E-state index is -1.06. The molecule has 0 radical (unpaired) electrons. The first-order chi connectivity index (χ1) is 6.92. The van der Waals surface area contributed by atoms with Gasteiger partial charge in [-0.05, 0) is 18.2 Å². The minimum Gasteiger partial charge on any atom is -0.378 e. The van der Waals surface area contributed by atoms with Crippen LogP contribution in [0.5, 0.6) is 0 Å². The SMILES string of the molecule is CC(C)(CNc1cccc(F)c1)[N+](=O)[O-]. The molecule has 0 unspecified atom stereocenters. The van der Waals surface area contributed by atoms with Crippen molar-refractivity contribution in [2.75, 3.05) is 11.9 Å². The normalized spacial score (nSPS) is 11.1. The van der Waals surface area contributed by atoms with E-state index in [0.29, 0.717) is 5.69 Å². The molecule has 0 heterocycles. The van der Waals surface area contributed by atoms with E-state index in [1.165, 1.54) is 26.0 Å². The average molecular weight is 212 g/mol. The average Bonchev–Trinajstić information content (AvgIpc) is 2.15. The van der Waals surface area contributed by atoms with Crippen LogP contribution in [0.1, 0.15) is 13.8 Å². The fourth-order valence-electron chi connectivity index (χ4n) is 0.981. The Morgan fingerprint density at radius 3 is 2.73 bits per heavy atom. The molecule has 15 heavy (non-hydrogen) atoms. The molecule has 0 aliphatic heterocycles. The molecule has 1 rings (SSSR count). The maximum Gasteiger partial charge on any atom is 0.233 e. The van der Waals surface area contributed by atoms with Crippen molar-refractivity contribution < 1.29 is 9.31 Å². The maximum atomic E-state index is 12.8. The Kier molecular flexibility index (Phi) is 3.24. The van der Waals surface area contributed by atoms with Crippen LogP contribution in [0.4, 0.5) is 10.1 Å². The Bertz CT molecular complexity index is 366. The predicted octanol–water partition coefficient (Wildman–Crippen LogP) is 2.29. The summed E-state index contributed by atoms with van der Waals surface area (Å²) in [5.74, 6) is -0.362. The van der Waals surface area contributed by atoms with Gasteiger partial charge in [-0.3, -0.25) is 10.1 Å². The molecule has 0 spiro atoms. The number of nitrogens with zero attached hydrogens (tertiary/aromatic N) is 1. The topological polar surface area (TPSA) is 55.2 Å². The van der Waals surface area contributed by atoms with Gasteiger partial charge < -0.3 is 5.32 Å². The number of benzene rings is 1. The van der Waals surface area contributed by atoms with E-state index in [9.17, 15) is 14.5 Å². The van der Waals surface area contributed by atoms with Crippen LogP contribution in [-0.4, -0.2) is 17.0 Å². The van der Waals surface area contributed by atoms with E-state index in [0.717, 1.165) is 0 Å². The van der Waals surface area contributed by atoms with Crippen LogP contribution in [0, 0.1) is 15.9 Å². The number of rotatable bonds is 4. The van der Waals surface area contributed by atoms with Crippen molar-refractivity contribution in [2.24, 2.45) is 0 Å². The summed E-state index contributed by atoms with van der Waals surface area (Å²) in [5, 5.41) is 13.4. The molecule has 0 saturated carbocycles. The van der Waals surface area contributed by atoms with Gasteiger partial charge in [0.25, 0.3) is 0 Å². The standard InChI is InChI=1S/C10H13FN2O2/c1-10(2,13(14)15)7-12-9-5-3-4-8(11)6-9/h3-6,12H,7H2,1-2H3. The smallest absolute Gasteiger partial charge is 0.233 e. The second-order valence-corrected chi connectivity index (χ2v) is 3.93. The zero-order valence-corrected chi connectivity index (χ0v) is 8.66. The molecule has 1 aromatic carbocycles. The summed E-state index contributed by atoms with van der Waals surface area (Å²) in [4.78, 5) is 10.2. The quantitative estimate of drug-likeness (QED) is 0.615. The van der Waals surface area contributed by atoms with Crippen molar-refractivity contribution in [1.82, 2.24) is 0 Å². The third-order valence-electron chi connectivity index (χ3n) is 2.04. The third-order valence-corrected chi connectivity index (χ3v) is 2.04. The van der Waals surface area contributed by atoms with Gasteiger partial charge in [0.2, 0.25) is 5.54 Å². The molecule has 0 aliphatic carbocycles. The molecule has 4 nitrogen and oxygen atoms in total. The Balaban J connectivity index is 2.61. The molecule has 5 heteroatoms. The Hall–Kier alpha value is -1.65. The van der Waals surface area contributed by atoms with E-state index < -0.39 is 5.54 Å². The molecule has 0 bridgehead atoms. The highest BCUT2D eigenvalue weighted by molar-refractivity contribution is 5.43. The maximum absolute atomic E-state index is 12.8. The van der Waals surface area contributed by atoms with Crippen LogP contribution in [0.25, 0.3) is 0 Å². The van der Waals surface area contributed by atoms with Crippen molar-refractivity contribution >= 4 is 5.69 Å². The summed E-state index contributed by atoms with van der Waals surface area (Å²) < 4.78 is 12.8. The van der Waals surface area contributed by atoms with Crippen LogP contribution in [0.15, 0.2) is 24.3 Å². The van der Waals surface area contributed by atoms with Gasteiger partial charge in [-0.25, -0.2) is 4.39 Å². The molecule has 1 aromatic rings. The number of hydrogen-bond acceptors (Lipinski definition) is 3. The molecule has 1 N–H and O–H groups in total. The summed E-state index contributed by atoms with van der Waals surface area (Å²) in [5.41, 5.74) is -0.517. The van der Waals surface area contributed by atoms with E-state index in [4.69, 9.17) is 0 Å². The van der Waals surface area contributed by atoms with Gasteiger partial charge in [-0.2, -0.15) is 0 Å². The minimum absolute atomic E-state index is 0.156. The van der Waals surface area contributed by atoms with E-state index in [-0.39, 0.29) is 17.3 Å². The fraction of sp³-hybridized carbons (Fsp3) is 0.400. The summed E-state index contributed by atoms with van der Waals surface area (Å²) in [6.07, 6.45) is 0. The van der Waals surface area contributed by atoms with Crippen molar-refractivity contribution in [3.8, 4) is 0 Å². The highest BCUT2D eigenvalue weighted by atomic mass is 19.1. The second kappa shape index (κ2) is 4.25. The van der Waals surface area contributed by atoms with Crippen molar-refractivity contribution in [1.29, 1.82) is 0 Å². The van der Waals surface area contributed by atoms with Crippen molar-refractivity contribution in [3.05, 3.63) is 40.2 Å². The zero-order chi connectivity index (χ0) is 11.5. The van der Waals surface area contributed by atoms with E-state index in [1.54, 1.807) is 12.1 Å². The van der Waals surface area contributed by atoms with Crippen LogP contribution in [0.3, 0.4) is 0 Å². The Morgan fingerprint density at radius 2 is 2.20 bits per heavy atom. The Morgan fingerprint density at radius 1 is 1.53 bits per heavy atom. The van der Waals surface area contributed by atoms with E-state index >= 15 is 0 Å². The molecule has 0 fully saturated rings. The fourth-order valence-corrected chi connectivity index (χ4v) is 0.981. The van der Waals surface area contributed by atoms with Gasteiger partial charge in [0, 0.05) is 24.5 Å². The third kappa shape index (κ3) is 3.19. The summed E-state index contributed by atoms with van der Waals surface area (Å²) in [6, 6.07) is 5.84. The lowest BCUT2D eigenvalue weighted by Crippen LogP contribution is -2.38. The van der Waals surface area contributed by atoms with E-state index in [2.05, 4.69) is 5.32 Å². The number of hydrogen-bond donors (Lipinski definition) is 1. The predicted molar refractivity (Wildman–Crippen MR) is 56.0 cm³/mol. The first kappa shape index (κ1) is 11.4. The lowest BCUT2D eigenvalue weighted by Gasteiger charge is -2.16. The number of anilines is 1. The summed E-state index contributed by atoms with van der Waals surface area (Å²) >= 11 is 0. The summed E-state index contributed by atoms with van der Waals surface area (Å²) in [7, 11) is 0. The van der Waals surface area contributed by atoms with Crippen molar-refractivity contribution in [3.63, 3.8) is 0 Å². The van der Waals surface area contributed by atoms with Gasteiger partial charge in [0.05, 0.1) is 6.54 Å². The Labute approximate surface area is 87.3 Å². The molecular weight excluding hydrogens is 199 g/mol. The molecule has 82 valence electrons. The van der Waals surface area contributed by atoms with Crippen LogP contribution < -0.4 is 5.32 Å². The molecule has 0 aliphatic rings.